The van der Waals surface area contributed by atoms with Gasteiger partial charge in [0.25, 0.3) is 0 Å². The molecule has 1 N–H and O–H groups in total. The lowest BCUT2D eigenvalue weighted by Crippen LogP contribution is -2.08. The van der Waals surface area contributed by atoms with E-state index in [9.17, 15) is 0 Å². The number of benzene rings is 1. The number of rotatable bonds is 4. The summed E-state index contributed by atoms with van der Waals surface area (Å²) in [4.78, 5) is 9.67. The van der Waals surface area contributed by atoms with E-state index < -0.39 is 0 Å². The average Bonchev–Trinajstić information content (AvgIpc) is 3.21. The summed E-state index contributed by atoms with van der Waals surface area (Å²) in [5, 5.41) is 14.8. The number of nitrogens with zero attached hydrogens (tertiary/aromatic N) is 5. The third-order valence-electron chi connectivity index (χ3n) is 3.62. The Kier molecular flexibility index (Phi) is 3.47. The first-order valence-electron chi connectivity index (χ1n) is 7.20. The molecule has 0 aliphatic carbocycles. The zero-order valence-electron chi connectivity index (χ0n) is 12.5. The van der Waals surface area contributed by atoms with Crippen molar-refractivity contribution in [1.29, 1.82) is 0 Å². The molecule has 3 aromatic heterocycles. The number of hydrogen-bond acceptors (Lipinski definition) is 6. The number of para-hydroxylation sites is 1. The highest BCUT2D eigenvalue weighted by Crippen LogP contribution is 2.28. The van der Waals surface area contributed by atoms with Gasteiger partial charge in [-0.15, -0.1) is 21.5 Å². The van der Waals surface area contributed by atoms with Crippen LogP contribution in [-0.4, -0.2) is 24.7 Å². The molecule has 0 aliphatic rings. The molecule has 0 atom stereocenters. The Morgan fingerprint density at radius 1 is 1.17 bits per heavy atom. The van der Waals surface area contributed by atoms with E-state index in [0.717, 1.165) is 27.5 Å². The number of fused-ring (bicyclic) bond motifs is 1. The summed E-state index contributed by atoms with van der Waals surface area (Å²) in [6, 6.07) is 10.0. The molecule has 0 aliphatic heterocycles. The first kappa shape index (κ1) is 13.8. The molecule has 0 spiro atoms. The van der Waals surface area contributed by atoms with E-state index in [2.05, 4.69) is 37.8 Å². The van der Waals surface area contributed by atoms with Crippen LogP contribution in [0.5, 0.6) is 0 Å². The van der Waals surface area contributed by atoms with Gasteiger partial charge in [-0.05, 0) is 30.0 Å². The molecule has 0 saturated carbocycles. The number of aryl methyl sites for hydroxylation is 1. The Labute approximate surface area is 136 Å². The van der Waals surface area contributed by atoms with Crippen LogP contribution in [0.2, 0.25) is 0 Å². The van der Waals surface area contributed by atoms with Gasteiger partial charge in [-0.2, -0.15) is 0 Å². The van der Waals surface area contributed by atoms with Crippen LogP contribution in [0.25, 0.3) is 15.9 Å². The summed E-state index contributed by atoms with van der Waals surface area (Å²) in [7, 11) is 0. The summed E-state index contributed by atoms with van der Waals surface area (Å²) in [5.74, 6) is 1.66. The lowest BCUT2D eigenvalue weighted by Gasteiger charge is -2.09. The molecule has 0 radical (unpaired) electrons. The summed E-state index contributed by atoms with van der Waals surface area (Å²) in [6.45, 7) is 2.61. The molecule has 0 amide bonds. The Hall–Kier alpha value is -2.80. The average molecular weight is 322 g/mol. The second kappa shape index (κ2) is 5.77. The number of thiophene rings is 1. The van der Waals surface area contributed by atoms with Crippen molar-refractivity contribution in [3.63, 3.8) is 0 Å². The summed E-state index contributed by atoms with van der Waals surface area (Å²) >= 11 is 1.63. The van der Waals surface area contributed by atoms with Gasteiger partial charge in [0, 0.05) is 5.69 Å². The van der Waals surface area contributed by atoms with Crippen LogP contribution in [0, 0.1) is 6.92 Å². The zero-order valence-corrected chi connectivity index (χ0v) is 13.3. The van der Waals surface area contributed by atoms with Crippen LogP contribution in [0.15, 0.2) is 48.4 Å². The number of anilines is 1. The van der Waals surface area contributed by atoms with Gasteiger partial charge in [0.15, 0.2) is 5.82 Å². The SMILES string of the molecule is Cc1csc2ncnc(NCc3nncn3-c3ccccc3)c12. The van der Waals surface area contributed by atoms with E-state index in [4.69, 9.17) is 0 Å². The van der Waals surface area contributed by atoms with Crippen LogP contribution < -0.4 is 5.32 Å². The van der Waals surface area contributed by atoms with E-state index in [1.807, 2.05) is 34.9 Å². The van der Waals surface area contributed by atoms with Crippen molar-refractivity contribution in [1.82, 2.24) is 24.7 Å². The molecular weight excluding hydrogens is 308 g/mol. The quantitative estimate of drug-likeness (QED) is 0.625. The van der Waals surface area contributed by atoms with Crippen molar-refractivity contribution in [2.24, 2.45) is 0 Å². The van der Waals surface area contributed by atoms with Gasteiger partial charge in [-0.3, -0.25) is 4.57 Å². The fourth-order valence-electron chi connectivity index (χ4n) is 2.50. The standard InChI is InChI=1S/C16H14N6S/c1-11-8-23-16-14(11)15(18-9-19-16)17-7-13-21-20-10-22(13)12-5-3-2-4-6-12/h2-6,8-10H,7H2,1H3,(H,17,18,19). The Morgan fingerprint density at radius 2 is 2.04 bits per heavy atom. The lowest BCUT2D eigenvalue weighted by atomic mass is 10.2. The number of nitrogens with one attached hydrogen (secondary N) is 1. The monoisotopic (exact) mass is 322 g/mol. The van der Waals surface area contributed by atoms with E-state index >= 15 is 0 Å². The summed E-state index contributed by atoms with van der Waals surface area (Å²) in [6.07, 6.45) is 3.31. The van der Waals surface area contributed by atoms with Gasteiger partial charge in [0.2, 0.25) is 0 Å². The second-order valence-corrected chi connectivity index (χ2v) is 5.99. The predicted molar refractivity (Wildman–Crippen MR) is 90.8 cm³/mol. The Morgan fingerprint density at radius 3 is 2.91 bits per heavy atom. The molecule has 0 fully saturated rings. The third-order valence-corrected chi connectivity index (χ3v) is 4.63. The molecule has 23 heavy (non-hydrogen) atoms. The van der Waals surface area contributed by atoms with Crippen LogP contribution in [0.4, 0.5) is 5.82 Å². The van der Waals surface area contributed by atoms with Crippen molar-refractivity contribution >= 4 is 27.4 Å². The Bertz CT molecular complexity index is 944. The third kappa shape index (κ3) is 2.55. The maximum absolute atomic E-state index is 4.37. The molecule has 4 aromatic rings. The highest BCUT2D eigenvalue weighted by molar-refractivity contribution is 7.17. The summed E-state index contributed by atoms with van der Waals surface area (Å²) < 4.78 is 1.96. The zero-order chi connectivity index (χ0) is 15.6. The van der Waals surface area contributed by atoms with Crippen molar-refractivity contribution in [2.45, 2.75) is 13.5 Å². The maximum Gasteiger partial charge on any atom is 0.156 e. The smallest absolute Gasteiger partial charge is 0.156 e. The van der Waals surface area contributed by atoms with Gasteiger partial charge >= 0.3 is 0 Å². The molecule has 0 saturated heterocycles. The molecule has 0 unspecified atom stereocenters. The first-order valence-corrected chi connectivity index (χ1v) is 8.08. The van der Waals surface area contributed by atoms with Crippen LogP contribution >= 0.6 is 11.3 Å². The predicted octanol–water partition coefficient (Wildman–Crippen LogP) is 3.19. The first-order chi connectivity index (χ1) is 11.3. The van der Waals surface area contributed by atoms with E-state index in [0.29, 0.717) is 6.54 Å². The largest absolute Gasteiger partial charge is 0.362 e. The minimum Gasteiger partial charge on any atom is -0.362 e. The molecule has 6 nitrogen and oxygen atoms in total. The van der Waals surface area contributed by atoms with Crippen molar-refractivity contribution in [3.05, 3.63) is 59.8 Å². The van der Waals surface area contributed by atoms with E-state index in [-0.39, 0.29) is 0 Å². The highest BCUT2D eigenvalue weighted by atomic mass is 32.1. The molecule has 1 aromatic carbocycles. The van der Waals surface area contributed by atoms with Crippen LogP contribution in [0.1, 0.15) is 11.4 Å². The van der Waals surface area contributed by atoms with Crippen molar-refractivity contribution in [3.8, 4) is 5.69 Å². The maximum atomic E-state index is 4.37. The van der Waals surface area contributed by atoms with Gasteiger partial charge in [-0.1, -0.05) is 18.2 Å². The molecule has 3 heterocycles. The highest BCUT2D eigenvalue weighted by Gasteiger charge is 2.10. The van der Waals surface area contributed by atoms with E-state index in [1.54, 1.807) is 24.0 Å². The summed E-state index contributed by atoms with van der Waals surface area (Å²) in [5.41, 5.74) is 2.21. The van der Waals surface area contributed by atoms with Gasteiger partial charge in [0.05, 0.1) is 11.9 Å². The molecular formula is C16H14N6S. The Balaban J connectivity index is 1.63. The second-order valence-electron chi connectivity index (χ2n) is 5.13. The topological polar surface area (TPSA) is 68.5 Å². The molecule has 0 bridgehead atoms. The fraction of sp³-hybridized carbons (Fsp3) is 0.125. The van der Waals surface area contributed by atoms with Crippen molar-refractivity contribution < 1.29 is 0 Å². The lowest BCUT2D eigenvalue weighted by molar-refractivity contribution is 0.887. The van der Waals surface area contributed by atoms with Crippen molar-refractivity contribution in [2.75, 3.05) is 5.32 Å². The normalized spacial score (nSPS) is 11.0. The molecule has 114 valence electrons. The van der Waals surface area contributed by atoms with E-state index in [1.165, 1.54) is 5.56 Å². The van der Waals surface area contributed by atoms with Gasteiger partial charge in [-0.25, -0.2) is 9.97 Å². The number of aromatic nitrogens is 5. The fourth-order valence-corrected chi connectivity index (χ4v) is 3.39. The number of hydrogen-bond donors (Lipinski definition) is 1. The van der Waals surface area contributed by atoms with Crippen LogP contribution in [0.3, 0.4) is 0 Å². The molecule has 4 rings (SSSR count). The van der Waals surface area contributed by atoms with Gasteiger partial charge < -0.3 is 5.32 Å². The van der Waals surface area contributed by atoms with Crippen LogP contribution in [-0.2, 0) is 6.54 Å². The molecule has 7 heteroatoms. The minimum atomic E-state index is 0.538. The van der Waals surface area contributed by atoms with Gasteiger partial charge in [0.1, 0.15) is 23.3 Å². The minimum absolute atomic E-state index is 0.538.